The first-order valence-corrected chi connectivity index (χ1v) is 8.11. The highest BCUT2D eigenvalue weighted by atomic mass is 19.1. The normalized spacial score (nSPS) is 17.1. The van der Waals surface area contributed by atoms with Crippen molar-refractivity contribution in [2.24, 2.45) is 0 Å². The van der Waals surface area contributed by atoms with Crippen molar-refractivity contribution in [3.63, 3.8) is 0 Å². The van der Waals surface area contributed by atoms with Crippen LogP contribution in [-0.4, -0.2) is 37.0 Å². The molecule has 1 heterocycles. The monoisotopic (exact) mass is 328 g/mol. The summed E-state index contributed by atoms with van der Waals surface area (Å²) in [4.78, 5) is 14.4. The van der Waals surface area contributed by atoms with Gasteiger partial charge in [-0.2, -0.15) is 0 Å². The molecule has 1 unspecified atom stereocenters. The Morgan fingerprint density at radius 3 is 2.79 bits per heavy atom. The van der Waals surface area contributed by atoms with E-state index in [-0.39, 0.29) is 23.5 Å². The predicted molar refractivity (Wildman–Crippen MR) is 91.7 cm³/mol. The average molecular weight is 328 g/mol. The summed E-state index contributed by atoms with van der Waals surface area (Å²) in [5, 5.41) is 2.99. The van der Waals surface area contributed by atoms with E-state index in [9.17, 15) is 9.18 Å². The maximum atomic E-state index is 13.5. The van der Waals surface area contributed by atoms with Crippen molar-refractivity contribution in [3.05, 3.63) is 59.9 Å². The number of nitrogens with one attached hydrogen (secondary N) is 1. The van der Waals surface area contributed by atoms with Crippen LogP contribution in [0, 0.1) is 5.82 Å². The lowest BCUT2D eigenvalue weighted by atomic mass is 10.1. The van der Waals surface area contributed by atoms with Gasteiger partial charge in [0.15, 0.2) is 11.6 Å². The number of aryl methyl sites for hydroxylation is 1. The fourth-order valence-electron chi connectivity index (χ4n) is 2.94. The number of fused-ring (bicyclic) bond motifs is 1. The Balaban J connectivity index is 1.56. The number of likely N-dealkylation sites (N-methyl/N-ethyl adjacent to an activating group) is 1. The molecule has 4 nitrogen and oxygen atoms in total. The van der Waals surface area contributed by atoms with Crippen molar-refractivity contribution >= 4 is 11.6 Å². The summed E-state index contributed by atoms with van der Waals surface area (Å²) in [5.74, 6) is -0.139. The smallest absolute Gasteiger partial charge is 0.241 e. The third kappa shape index (κ3) is 3.74. The first kappa shape index (κ1) is 16.5. The van der Waals surface area contributed by atoms with E-state index in [0.29, 0.717) is 13.2 Å². The van der Waals surface area contributed by atoms with Gasteiger partial charge in [-0.1, -0.05) is 30.3 Å². The van der Waals surface area contributed by atoms with E-state index >= 15 is 0 Å². The summed E-state index contributed by atoms with van der Waals surface area (Å²) in [6, 6.07) is 14.0. The molecule has 1 atom stereocenters. The van der Waals surface area contributed by atoms with Gasteiger partial charge >= 0.3 is 0 Å². The number of rotatable bonds is 5. The molecule has 2 aromatic carbocycles. The van der Waals surface area contributed by atoms with E-state index in [0.717, 1.165) is 24.1 Å². The minimum Gasteiger partial charge on any atom is -0.489 e. The van der Waals surface area contributed by atoms with Gasteiger partial charge < -0.3 is 10.1 Å². The van der Waals surface area contributed by atoms with Gasteiger partial charge in [-0.05, 0) is 43.7 Å². The van der Waals surface area contributed by atoms with Gasteiger partial charge in [0.1, 0.15) is 6.61 Å². The minimum absolute atomic E-state index is 0.00617. The number of carbonyl (C=O) groups excluding carboxylic acids is 1. The largest absolute Gasteiger partial charge is 0.489 e. The van der Waals surface area contributed by atoms with Gasteiger partial charge in [0.2, 0.25) is 5.91 Å². The fourth-order valence-corrected chi connectivity index (χ4v) is 2.94. The number of hydrogen-bond donors (Lipinski definition) is 1. The van der Waals surface area contributed by atoms with E-state index in [1.807, 2.05) is 36.2 Å². The summed E-state index contributed by atoms with van der Waals surface area (Å²) < 4.78 is 19.0. The van der Waals surface area contributed by atoms with Crippen LogP contribution in [0.1, 0.15) is 12.0 Å². The van der Waals surface area contributed by atoms with E-state index < -0.39 is 0 Å². The standard InChI is InChI=1S/C19H21FN2O2/c1-22(12-13-24-18-9-5-3-7-15(18)20)17-11-10-14-6-2-4-8-16(14)21-19(17)23/h2-9,17H,10-13H2,1H3,(H,21,23). The highest BCUT2D eigenvalue weighted by molar-refractivity contribution is 5.96. The van der Waals surface area contributed by atoms with Crippen LogP contribution < -0.4 is 10.1 Å². The molecule has 126 valence electrons. The Hall–Kier alpha value is -2.40. The third-order valence-electron chi connectivity index (χ3n) is 4.34. The highest BCUT2D eigenvalue weighted by Gasteiger charge is 2.26. The molecular formula is C19H21FN2O2. The van der Waals surface area contributed by atoms with Crippen molar-refractivity contribution < 1.29 is 13.9 Å². The van der Waals surface area contributed by atoms with E-state index in [1.54, 1.807) is 18.2 Å². The number of carbonyl (C=O) groups is 1. The number of anilines is 1. The van der Waals surface area contributed by atoms with Crippen molar-refractivity contribution in [2.75, 3.05) is 25.5 Å². The zero-order chi connectivity index (χ0) is 16.9. The van der Waals surface area contributed by atoms with Gasteiger partial charge in [-0.15, -0.1) is 0 Å². The molecule has 2 aromatic rings. The molecular weight excluding hydrogens is 307 g/mol. The number of para-hydroxylation sites is 2. The molecule has 5 heteroatoms. The zero-order valence-electron chi connectivity index (χ0n) is 13.7. The van der Waals surface area contributed by atoms with Crippen LogP contribution in [0.4, 0.5) is 10.1 Å². The number of ether oxygens (including phenoxy) is 1. The Kier molecular flexibility index (Phi) is 5.11. The van der Waals surface area contributed by atoms with E-state index in [4.69, 9.17) is 4.74 Å². The lowest BCUT2D eigenvalue weighted by molar-refractivity contribution is -0.121. The van der Waals surface area contributed by atoms with Crippen LogP contribution in [-0.2, 0) is 11.2 Å². The molecule has 1 amide bonds. The number of benzene rings is 2. The first-order chi connectivity index (χ1) is 11.6. The van der Waals surface area contributed by atoms with Crippen molar-refractivity contribution in [1.29, 1.82) is 0 Å². The molecule has 0 bridgehead atoms. The summed E-state index contributed by atoms with van der Waals surface area (Å²) in [6.07, 6.45) is 1.59. The third-order valence-corrected chi connectivity index (χ3v) is 4.34. The second-order valence-electron chi connectivity index (χ2n) is 5.96. The van der Waals surface area contributed by atoms with Crippen molar-refractivity contribution in [1.82, 2.24) is 4.90 Å². The molecule has 0 aromatic heterocycles. The van der Waals surface area contributed by atoms with Gasteiger partial charge in [0.05, 0.1) is 6.04 Å². The quantitative estimate of drug-likeness (QED) is 0.917. The molecule has 24 heavy (non-hydrogen) atoms. The van der Waals surface area contributed by atoms with Crippen LogP contribution in [0.2, 0.25) is 0 Å². The van der Waals surface area contributed by atoms with Crippen LogP contribution in [0.3, 0.4) is 0 Å². The molecule has 0 aliphatic carbocycles. The van der Waals surface area contributed by atoms with E-state index in [2.05, 4.69) is 5.32 Å². The maximum Gasteiger partial charge on any atom is 0.241 e. The van der Waals surface area contributed by atoms with Crippen LogP contribution >= 0.6 is 0 Å². The molecule has 3 rings (SSSR count). The summed E-state index contributed by atoms with van der Waals surface area (Å²) in [7, 11) is 1.89. The molecule has 0 radical (unpaired) electrons. The van der Waals surface area contributed by atoms with E-state index in [1.165, 1.54) is 6.07 Å². The molecule has 0 spiro atoms. The first-order valence-electron chi connectivity index (χ1n) is 8.11. The SMILES string of the molecule is CN(CCOc1ccccc1F)C1CCc2ccccc2NC1=O. The van der Waals surface area contributed by atoms with Gasteiger partial charge in [0, 0.05) is 12.2 Å². The molecule has 0 fully saturated rings. The number of hydrogen-bond acceptors (Lipinski definition) is 3. The Bertz CT molecular complexity index is 720. The number of nitrogens with zero attached hydrogens (tertiary/aromatic N) is 1. The zero-order valence-corrected chi connectivity index (χ0v) is 13.7. The lowest BCUT2D eigenvalue weighted by Gasteiger charge is -2.25. The molecule has 1 aliphatic rings. The topological polar surface area (TPSA) is 41.6 Å². The van der Waals surface area contributed by atoms with Crippen LogP contribution in [0.15, 0.2) is 48.5 Å². The maximum absolute atomic E-state index is 13.5. The summed E-state index contributed by atoms with van der Waals surface area (Å²) in [5.41, 5.74) is 2.05. The average Bonchev–Trinajstić information content (AvgIpc) is 2.74. The molecule has 0 saturated heterocycles. The lowest BCUT2D eigenvalue weighted by Crippen LogP contribution is -2.43. The molecule has 1 N–H and O–H groups in total. The summed E-state index contributed by atoms with van der Waals surface area (Å²) in [6.45, 7) is 0.872. The van der Waals surface area contributed by atoms with Gasteiger partial charge in [-0.25, -0.2) is 4.39 Å². The van der Waals surface area contributed by atoms with Gasteiger partial charge in [-0.3, -0.25) is 9.69 Å². The summed E-state index contributed by atoms with van der Waals surface area (Å²) >= 11 is 0. The predicted octanol–water partition coefficient (Wildman–Crippen LogP) is 3.09. The second-order valence-corrected chi connectivity index (χ2v) is 5.96. The van der Waals surface area contributed by atoms with Crippen LogP contribution in [0.25, 0.3) is 0 Å². The van der Waals surface area contributed by atoms with Gasteiger partial charge in [0.25, 0.3) is 0 Å². The number of amides is 1. The Morgan fingerprint density at radius 2 is 1.96 bits per heavy atom. The van der Waals surface area contributed by atoms with Crippen molar-refractivity contribution in [3.8, 4) is 5.75 Å². The second kappa shape index (κ2) is 7.45. The Morgan fingerprint density at radius 1 is 1.21 bits per heavy atom. The van der Waals surface area contributed by atoms with Crippen LogP contribution in [0.5, 0.6) is 5.75 Å². The minimum atomic E-state index is -0.372. The highest BCUT2D eigenvalue weighted by Crippen LogP contribution is 2.23. The molecule has 0 saturated carbocycles. The number of halogens is 1. The molecule has 1 aliphatic heterocycles. The van der Waals surface area contributed by atoms with Crippen molar-refractivity contribution in [2.45, 2.75) is 18.9 Å². The fraction of sp³-hybridized carbons (Fsp3) is 0.316. The Labute approximate surface area is 141 Å².